The number of carbonyl (C=O) groups is 1. The van der Waals surface area contributed by atoms with Gasteiger partial charge in [0.2, 0.25) is 5.91 Å². The van der Waals surface area contributed by atoms with Crippen molar-refractivity contribution in [1.82, 2.24) is 9.21 Å². The maximum Gasteiger partial charge on any atom is 0.252 e. The molecule has 5 nitrogen and oxygen atoms in total. The van der Waals surface area contributed by atoms with Gasteiger partial charge in [-0.25, -0.2) is 8.42 Å². The van der Waals surface area contributed by atoms with E-state index in [9.17, 15) is 13.2 Å². The van der Waals surface area contributed by atoms with Crippen molar-refractivity contribution in [3.05, 3.63) is 15.9 Å². The Morgan fingerprint density at radius 2 is 1.82 bits per heavy atom. The van der Waals surface area contributed by atoms with Crippen LogP contribution >= 0.6 is 27.3 Å². The molecule has 1 aromatic rings. The van der Waals surface area contributed by atoms with Crippen molar-refractivity contribution in [3.63, 3.8) is 0 Å². The first-order chi connectivity index (χ1) is 10.4. The van der Waals surface area contributed by atoms with Crippen molar-refractivity contribution in [2.45, 2.75) is 30.9 Å². The molecule has 8 heteroatoms. The Morgan fingerprint density at radius 3 is 2.27 bits per heavy atom. The van der Waals surface area contributed by atoms with E-state index in [4.69, 9.17) is 0 Å². The minimum absolute atomic E-state index is 0.0522. The third-order valence-corrected chi connectivity index (χ3v) is 8.02. The van der Waals surface area contributed by atoms with Gasteiger partial charge in [-0.3, -0.25) is 4.79 Å². The maximum atomic E-state index is 12.5. The highest BCUT2D eigenvalue weighted by Crippen LogP contribution is 2.29. The summed E-state index contributed by atoms with van der Waals surface area (Å²) in [5.41, 5.74) is 0. The van der Waals surface area contributed by atoms with Gasteiger partial charge in [0.25, 0.3) is 10.0 Å². The van der Waals surface area contributed by atoms with Gasteiger partial charge in [-0.05, 0) is 40.9 Å². The molecule has 2 rings (SSSR count). The highest BCUT2D eigenvalue weighted by Gasteiger charge is 2.32. The van der Waals surface area contributed by atoms with Gasteiger partial charge in [0.15, 0.2) is 0 Å². The van der Waals surface area contributed by atoms with E-state index in [-0.39, 0.29) is 11.8 Å². The zero-order valence-electron chi connectivity index (χ0n) is 12.8. The minimum Gasteiger partial charge on any atom is -0.340 e. The van der Waals surface area contributed by atoms with Crippen LogP contribution in [-0.4, -0.2) is 49.7 Å². The molecule has 0 spiro atoms. The Hall–Kier alpha value is -0.440. The van der Waals surface area contributed by atoms with E-state index in [1.807, 2.05) is 13.8 Å². The molecule has 0 radical (unpaired) electrons. The number of nitrogens with zero attached hydrogens (tertiary/aromatic N) is 2. The fourth-order valence-corrected chi connectivity index (χ4v) is 6.19. The van der Waals surface area contributed by atoms with Gasteiger partial charge in [0.1, 0.15) is 4.21 Å². The van der Waals surface area contributed by atoms with Crippen molar-refractivity contribution in [2.24, 2.45) is 5.92 Å². The lowest BCUT2D eigenvalue weighted by molar-refractivity contribution is -0.136. The quantitative estimate of drug-likeness (QED) is 0.752. The van der Waals surface area contributed by atoms with Crippen LogP contribution in [0.5, 0.6) is 0 Å². The summed E-state index contributed by atoms with van der Waals surface area (Å²) in [6, 6.07) is 3.36. The molecular weight excluding hydrogens is 388 g/mol. The minimum atomic E-state index is -3.44. The molecule has 1 saturated heterocycles. The lowest BCUT2D eigenvalue weighted by atomic mass is 10.0. The van der Waals surface area contributed by atoms with Gasteiger partial charge >= 0.3 is 0 Å². The smallest absolute Gasteiger partial charge is 0.252 e. The second kappa shape index (κ2) is 7.42. The summed E-state index contributed by atoms with van der Waals surface area (Å²) in [5, 5.41) is 0. The fourth-order valence-electron chi connectivity index (χ4n) is 2.61. The summed E-state index contributed by atoms with van der Waals surface area (Å²) in [5.74, 6) is 0.206. The van der Waals surface area contributed by atoms with Crippen LogP contribution in [0, 0.1) is 5.92 Å². The number of halogens is 1. The Labute approximate surface area is 144 Å². The lowest BCUT2D eigenvalue weighted by Gasteiger charge is -2.35. The van der Waals surface area contributed by atoms with Crippen LogP contribution in [0.15, 0.2) is 20.1 Å². The summed E-state index contributed by atoms with van der Waals surface area (Å²) >= 11 is 4.51. The van der Waals surface area contributed by atoms with Gasteiger partial charge in [-0.1, -0.05) is 13.8 Å². The molecule has 124 valence electrons. The highest BCUT2D eigenvalue weighted by atomic mass is 79.9. The van der Waals surface area contributed by atoms with E-state index in [0.717, 1.165) is 16.6 Å². The number of hydrogen-bond donors (Lipinski definition) is 0. The van der Waals surface area contributed by atoms with Gasteiger partial charge < -0.3 is 4.90 Å². The Balaban J connectivity index is 2.01. The molecular formula is C14H21BrN2O3S2. The predicted octanol–water partition coefficient (Wildman–Crippen LogP) is 2.78. The normalized spacial score (nSPS) is 17.2. The number of rotatable bonds is 5. The molecule has 0 unspecified atom stereocenters. The summed E-state index contributed by atoms with van der Waals surface area (Å²) in [7, 11) is -3.44. The molecule has 1 amide bonds. The summed E-state index contributed by atoms with van der Waals surface area (Å²) in [6.45, 7) is 5.71. The number of sulfonamides is 1. The molecule has 1 aliphatic rings. The van der Waals surface area contributed by atoms with E-state index < -0.39 is 10.0 Å². The van der Waals surface area contributed by atoms with Crippen LogP contribution in [0.2, 0.25) is 0 Å². The first kappa shape index (κ1) is 17.9. The lowest BCUT2D eigenvalue weighted by Crippen LogP contribution is -2.51. The summed E-state index contributed by atoms with van der Waals surface area (Å²) < 4.78 is 27.7. The molecule has 1 aliphatic heterocycles. The molecule has 2 heterocycles. The first-order valence-corrected chi connectivity index (χ1v) is 10.5. The van der Waals surface area contributed by atoms with Crippen molar-refractivity contribution in [3.8, 4) is 0 Å². The SMILES string of the molecule is CCC(CC)C(=O)N1CCN(S(=O)(=O)c2ccc(Br)s2)CC1. The average Bonchev–Trinajstić information content (AvgIpc) is 2.96. The predicted molar refractivity (Wildman–Crippen MR) is 91.4 cm³/mol. The molecule has 1 aromatic heterocycles. The number of thiophene rings is 1. The molecule has 0 atom stereocenters. The van der Waals surface area contributed by atoms with Crippen LogP contribution in [0.4, 0.5) is 0 Å². The van der Waals surface area contributed by atoms with Crippen LogP contribution < -0.4 is 0 Å². The van der Waals surface area contributed by atoms with E-state index in [1.165, 1.54) is 15.6 Å². The third kappa shape index (κ3) is 3.72. The molecule has 0 bridgehead atoms. The second-order valence-corrected chi connectivity index (χ2v) is 9.93. The summed E-state index contributed by atoms with van der Waals surface area (Å²) in [6.07, 6.45) is 1.66. The molecule has 0 N–H and O–H groups in total. The molecule has 1 fully saturated rings. The molecule has 0 aliphatic carbocycles. The standard InChI is InChI=1S/C14H21BrN2O3S2/c1-3-11(4-2)14(18)16-7-9-17(10-8-16)22(19,20)13-6-5-12(15)21-13/h5-6,11H,3-4,7-10H2,1-2H3. The van der Waals surface area contributed by atoms with Crippen LogP contribution in [0.1, 0.15) is 26.7 Å². The maximum absolute atomic E-state index is 12.5. The van der Waals surface area contributed by atoms with E-state index in [0.29, 0.717) is 30.4 Å². The number of piperazine rings is 1. The number of carbonyl (C=O) groups excluding carboxylic acids is 1. The second-order valence-electron chi connectivity index (χ2n) is 5.30. The van der Waals surface area contributed by atoms with E-state index in [1.54, 1.807) is 17.0 Å². The first-order valence-electron chi connectivity index (χ1n) is 7.44. The molecule has 0 aromatic carbocycles. The number of amides is 1. The largest absolute Gasteiger partial charge is 0.340 e. The highest BCUT2D eigenvalue weighted by molar-refractivity contribution is 9.11. The topological polar surface area (TPSA) is 57.7 Å². The monoisotopic (exact) mass is 408 g/mol. The van der Waals surface area contributed by atoms with Crippen molar-refractivity contribution in [2.75, 3.05) is 26.2 Å². The van der Waals surface area contributed by atoms with Crippen LogP contribution in [0.25, 0.3) is 0 Å². The fraction of sp³-hybridized carbons (Fsp3) is 0.643. The van der Waals surface area contributed by atoms with Gasteiger partial charge in [-0.2, -0.15) is 4.31 Å². The van der Waals surface area contributed by atoms with Crippen molar-refractivity contribution in [1.29, 1.82) is 0 Å². The Morgan fingerprint density at radius 1 is 1.23 bits per heavy atom. The Kier molecular flexibility index (Phi) is 6.04. The average molecular weight is 409 g/mol. The van der Waals surface area contributed by atoms with Crippen LogP contribution in [-0.2, 0) is 14.8 Å². The van der Waals surface area contributed by atoms with Gasteiger partial charge in [-0.15, -0.1) is 11.3 Å². The Bertz CT molecular complexity index is 618. The molecule has 0 saturated carbocycles. The third-order valence-electron chi connectivity index (χ3n) is 4.03. The van der Waals surface area contributed by atoms with Crippen molar-refractivity contribution < 1.29 is 13.2 Å². The van der Waals surface area contributed by atoms with E-state index >= 15 is 0 Å². The van der Waals surface area contributed by atoms with Crippen LogP contribution in [0.3, 0.4) is 0 Å². The van der Waals surface area contributed by atoms with Gasteiger partial charge in [0.05, 0.1) is 3.79 Å². The number of hydrogen-bond acceptors (Lipinski definition) is 4. The van der Waals surface area contributed by atoms with Gasteiger partial charge in [0, 0.05) is 32.1 Å². The summed E-state index contributed by atoms with van der Waals surface area (Å²) in [4.78, 5) is 14.1. The zero-order valence-corrected chi connectivity index (χ0v) is 16.0. The van der Waals surface area contributed by atoms with E-state index in [2.05, 4.69) is 15.9 Å². The van der Waals surface area contributed by atoms with Crippen molar-refractivity contribution >= 4 is 43.2 Å². The molecule has 22 heavy (non-hydrogen) atoms. The zero-order chi connectivity index (χ0) is 16.3.